The van der Waals surface area contributed by atoms with Crippen LogP contribution in [-0.2, 0) is 16.0 Å². The molecule has 9 nitrogen and oxygen atoms in total. The van der Waals surface area contributed by atoms with Gasteiger partial charge in [0.15, 0.2) is 5.96 Å². The van der Waals surface area contributed by atoms with Crippen LogP contribution < -0.4 is 10.6 Å². The first-order chi connectivity index (χ1) is 13.6. The van der Waals surface area contributed by atoms with E-state index < -0.39 is 4.92 Å². The zero-order valence-electron chi connectivity index (χ0n) is 17.1. The summed E-state index contributed by atoms with van der Waals surface area (Å²) in [6, 6.07) is 6.85. The number of aliphatic imine (C=N–C) groups is 1. The SMILES string of the molecule is COCCCNC(=NCc1ccc([N+](=O)[O-])cc1)NCC(C)N1CCOCC1.I. The van der Waals surface area contributed by atoms with Gasteiger partial charge in [-0.1, -0.05) is 12.1 Å². The number of nitrogens with zero attached hydrogens (tertiary/aromatic N) is 3. The predicted molar refractivity (Wildman–Crippen MR) is 124 cm³/mol. The molecule has 1 heterocycles. The third kappa shape index (κ3) is 9.70. The van der Waals surface area contributed by atoms with E-state index in [0.717, 1.165) is 57.3 Å². The summed E-state index contributed by atoms with van der Waals surface area (Å²) >= 11 is 0. The van der Waals surface area contributed by atoms with Crippen LogP contribution in [-0.4, -0.2) is 74.9 Å². The Morgan fingerprint density at radius 3 is 2.62 bits per heavy atom. The summed E-state index contributed by atoms with van der Waals surface area (Å²) in [5.74, 6) is 0.731. The van der Waals surface area contributed by atoms with Gasteiger partial charge in [0.05, 0.1) is 24.7 Å². The average Bonchev–Trinajstić information content (AvgIpc) is 2.73. The molecule has 29 heavy (non-hydrogen) atoms. The molecule has 0 aliphatic carbocycles. The lowest BCUT2D eigenvalue weighted by Gasteiger charge is -2.32. The van der Waals surface area contributed by atoms with E-state index in [0.29, 0.717) is 19.2 Å². The topological polar surface area (TPSA) is 101 Å². The Hall–Kier alpha value is -1.50. The molecule has 0 amide bonds. The number of halogens is 1. The van der Waals surface area contributed by atoms with E-state index in [1.807, 2.05) is 0 Å². The van der Waals surface area contributed by atoms with Crippen molar-refractivity contribution >= 4 is 35.6 Å². The standard InChI is InChI=1S/C19H31N5O4.HI/c1-16(23-9-12-28-13-10-23)14-21-19(20-8-3-11-27-2)22-15-17-4-6-18(7-5-17)24(25)26;/h4-7,16H,3,8-15H2,1-2H3,(H2,20,21,22);1H. The third-order valence-electron chi connectivity index (χ3n) is 4.62. The maximum absolute atomic E-state index is 10.8. The van der Waals surface area contributed by atoms with Gasteiger partial charge in [0.25, 0.3) is 5.69 Å². The fourth-order valence-electron chi connectivity index (χ4n) is 2.88. The van der Waals surface area contributed by atoms with Crippen molar-refractivity contribution in [3.05, 3.63) is 39.9 Å². The molecule has 1 unspecified atom stereocenters. The van der Waals surface area contributed by atoms with Crippen molar-refractivity contribution in [2.75, 3.05) is 53.1 Å². The van der Waals surface area contributed by atoms with Crippen LogP contribution in [0.2, 0.25) is 0 Å². The molecule has 1 aliphatic heterocycles. The van der Waals surface area contributed by atoms with Gasteiger partial charge in [-0.25, -0.2) is 4.99 Å². The minimum atomic E-state index is -0.398. The van der Waals surface area contributed by atoms with Crippen molar-refractivity contribution in [2.24, 2.45) is 4.99 Å². The van der Waals surface area contributed by atoms with Crippen molar-refractivity contribution in [2.45, 2.75) is 25.9 Å². The van der Waals surface area contributed by atoms with Gasteiger partial charge in [0.1, 0.15) is 0 Å². The number of morpholine rings is 1. The largest absolute Gasteiger partial charge is 0.385 e. The van der Waals surface area contributed by atoms with E-state index in [1.54, 1.807) is 19.2 Å². The number of nitro groups is 1. The van der Waals surface area contributed by atoms with Crippen LogP contribution in [0.25, 0.3) is 0 Å². The maximum atomic E-state index is 10.8. The first-order valence-electron chi connectivity index (χ1n) is 9.66. The van der Waals surface area contributed by atoms with Crippen LogP contribution in [0, 0.1) is 10.1 Å². The van der Waals surface area contributed by atoms with Crippen LogP contribution in [0.3, 0.4) is 0 Å². The zero-order chi connectivity index (χ0) is 20.2. The van der Waals surface area contributed by atoms with Gasteiger partial charge in [-0.2, -0.15) is 0 Å². The fourth-order valence-corrected chi connectivity index (χ4v) is 2.88. The molecule has 0 bridgehead atoms. The van der Waals surface area contributed by atoms with Crippen LogP contribution in [0.1, 0.15) is 18.9 Å². The second-order valence-corrected chi connectivity index (χ2v) is 6.74. The number of ether oxygens (including phenoxy) is 2. The second kappa shape index (κ2) is 14.5. The molecule has 1 atom stereocenters. The highest BCUT2D eigenvalue weighted by Crippen LogP contribution is 2.12. The van der Waals surface area contributed by atoms with E-state index in [1.165, 1.54) is 12.1 Å². The molecule has 0 saturated carbocycles. The number of hydrogen-bond donors (Lipinski definition) is 2. The Morgan fingerprint density at radius 2 is 2.00 bits per heavy atom. The van der Waals surface area contributed by atoms with Crippen molar-refractivity contribution in [1.29, 1.82) is 0 Å². The molecular weight excluding hydrogens is 489 g/mol. The highest BCUT2D eigenvalue weighted by Gasteiger charge is 2.17. The summed E-state index contributed by atoms with van der Waals surface area (Å²) in [7, 11) is 1.69. The lowest BCUT2D eigenvalue weighted by molar-refractivity contribution is -0.384. The molecule has 1 aromatic carbocycles. The fraction of sp³-hybridized carbons (Fsp3) is 0.632. The van der Waals surface area contributed by atoms with Gasteiger partial charge in [-0.05, 0) is 18.9 Å². The Morgan fingerprint density at radius 1 is 1.31 bits per heavy atom. The first kappa shape index (κ1) is 25.5. The summed E-state index contributed by atoms with van der Waals surface area (Å²) < 4.78 is 10.5. The molecule has 2 N–H and O–H groups in total. The van der Waals surface area contributed by atoms with E-state index in [4.69, 9.17) is 9.47 Å². The molecule has 2 rings (SSSR count). The maximum Gasteiger partial charge on any atom is 0.269 e. The molecule has 164 valence electrons. The number of nitrogens with one attached hydrogen (secondary N) is 2. The van der Waals surface area contributed by atoms with Gasteiger partial charge in [0.2, 0.25) is 0 Å². The summed E-state index contributed by atoms with van der Waals surface area (Å²) in [6.45, 7) is 8.30. The van der Waals surface area contributed by atoms with E-state index in [2.05, 4.69) is 27.4 Å². The number of nitro benzene ring substituents is 1. The summed E-state index contributed by atoms with van der Waals surface area (Å²) in [4.78, 5) is 17.4. The summed E-state index contributed by atoms with van der Waals surface area (Å²) in [5, 5.41) is 17.5. The second-order valence-electron chi connectivity index (χ2n) is 6.74. The number of methoxy groups -OCH3 is 1. The van der Waals surface area contributed by atoms with Crippen LogP contribution >= 0.6 is 24.0 Å². The summed E-state index contributed by atoms with van der Waals surface area (Å²) in [6.07, 6.45) is 0.883. The highest BCUT2D eigenvalue weighted by molar-refractivity contribution is 14.0. The number of non-ortho nitro benzene ring substituents is 1. The smallest absolute Gasteiger partial charge is 0.269 e. The molecular formula is C19H32IN5O4. The number of hydrogen-bond acceptors (Lipinski definition) is 6. The third-order valence-corrected chi connectivity index (χ3v) is 4.62. The molecule has 0 radical (unpaired) electrons. The molecule has 0 spiro atoms. The number of guanidine groups is 1. The molecule has 1 saturated heterocycles. The van der Waals surface area contributed by atoms with Crippen LogP contribution in [0.5, 0.6) is 0 Å². The highest BCUT2D eigenvalue weighted by atomic mass is 127. The molecule has 1 fully saturated rings. The van der Waals surface area contributed by atoms with Crippen molar-refractivity contribution in [3.63, 3.8) is 0 Å². The summed E-state index contributed by atoms with van der Waals surface area (Å²) in [5.41, 5.74) is 1.01. The molecule has 10 heteroatoms. The van der Waals surface area contributed by atoms with Crippen molar-refractivity contribution in [3.8, 4) is 0 Å². The minimum absolute atomic E-state index is 0. The first-order valence-corrected chi connectivity index (χ1v) is 9.66. The number of benzene rings is 1. The Labute approximate surface area is 189 Å². The monoisotopic (exact) mass is 521 g/mol. The van der Waals surface area contributed by atoms with Gasteiger partial charge >= 0.3 is 0 Å². The van der Waals surface area contributed by atoms with Crippen LogP contribution in [0.4, 0.5) is 5.69 Å². The van der Waals surface area contributed by atoms with Gasteiger partial charge in [-0.3, -0.25) is 15.0 Å². The average molecular weight is 521 g/mol. The quantitative estimate of drug-likeness (QED) is 0.121. The Balaban J connectivity index is 0.00000420. The lowest BCUT2D eigenvalue weighted by atomic mass is 10.2. The molecule has 1 aliphatic rings. The van der Waals surface area contributed by atoms with E-state index in [9.17, 15) is 10.1 Å². The van der Waals surface area contributed by atoms with Gasteiger partial charge in [0, 0.05) is 58.1 Å². The predicted octanol–water partition coefficient (Wildman–Crippen LogP) is 2.01. The van der Waals surface area contributed by atoms with Gasteiger partial charge < -0.3 is 20.1 Å². The minimum Gasteiger partial charge on any atom is -0.385 e. The normalized spacial score (nSPS) is 16.0. The zero-order valence-corrected chi connectivity index (χ0v) is 19.5. The number of rotatable bonds is 10. The van der Waals surface area contributed by atoms with Crippen molar-refractivity contribution in [1.82, 2.24) is 15.5 Å². The van der Waals surface area contributed by atoms with E-state index in [-0.39, 0.29) is 29.7 Å². The molecule has 1 aromatic rings. The van der Waals surface area contributed by atoms with Crippen molar-refractivity contribution < 1.29 is 14.4 Å². The lowest BCUT2D eigenvalue weighted by Crippen LogP contribution is -2.49. The molecule has 0 aromatic heterocycles. The van der Waals surface area contributed by atoms with Crippen LogP contribution in [0.15, 0.2) is 29.3 Å². The van der Waals surface area contributed by atoms with E-state index >= 15 is 0 Å². The Bertz CT molecular complexity index is 624. The van der Waals surface area contributed by atoms with Gasteiger partial charge in [-0.15, -0.1) is 24.0 Å². The Kier molecular flexibility index (Phi) is 12.7.